The highest BCUT2D eigenvalue weighted by Gasteiger charge is 2.12. The summed E-state index contributed by atoms with van der Waals surface area (Å²) in [6.07, 6.45) is 6.13. The summed E-state index contributed by atoms with van der Waals surface area (Å²) in [5.41, 5.74) is 2.14. The number of nitrogens with zero attached hydrogens (tertiary/aromatic N) is 1. The number of hydrogen-bond donors (Lipinski definition) is 1. The molecular formula is C22H23N2OS+. The molecule has 3 nitrogen and oxygen atoms in total. The zero-order chi connectivity index (χ0) is 18.2. The number of carbonyl (C=O) groups is 1. The number of pyridine rings is 1. The summed E-state index contributed by atoms with van der Waals surface area (Å²) < 4.78 is 1.90. The normalized spacial score (nSPS) is 10.5. The van der Waals surface area contributed by atoms with Crippen LogP contribution in [0.15, 0.2) is 88.9 Å². The van der Waals surface area contributed by atoms with E-state index in [1.165, 1.54) is 5.56 Å². The molecule has 1 heterocycles. The smallest absolute Gasteiger partial charge is 0.290 e. The topological polar surface area (TPSA) is 33.0 Å². The summed E-state index contributed by atoms with van der Waals surface area (Å²) in [4.78, 5) is 14.6. The van der Waals surface area contributed by atoms with E-state index in [0.29, 0.717) is 6.54 Å². The van der Waals surface area contributed by atoms with Gasteiger partial charge in [0, 0.05) is 21.9 Å². The maximum atomic E-state index is 12.5. The Kier molecular flexibility index (Phi) is 6.45. The monoisotopic (exact) mass is 363 g/mol. The van der Waals surface area contributed by atoms with Crippen LogP contribution in [0.3, 0.4) is 0 Å². The molecule has 1 N–H and O–H groups in total. The molecule has 26 heavy (non-hydrogen) atoms. The summed E-state index contributed by atoms with van der Waals surface area (Å²) in [5, 5.41) is 3.04. The molecule has 0 spiro atoms. The van der Waals surface area contributed by atoms with E-state index in [1.54, 1.807) is 11.8 Å². The zero-order valence-corrected chi connectivity index (χ0v) is 15.7. The van der Waals surface area contributed by atoms with E-state index in [1.807, 2.05) is 59.4 Å². The lowest BCUT2D eigenvalue weighted by molar-refractivity contribution is -0.684. The van der Waals surface area contributed by atoms with Crippen molar-refractivity contribution in [3.8, 4) is 0 Å². The van der Waals surface area contributed by atoms with Crippen LogP contribution in [0.25, 0.3) is 0 Å². The van der Waals surface area contributed by atoms with Gasteiger partial charge in [0.2, 0.25) is 6.54 Å². The highest BCUT2D eigenvalue weighted by atomic mass is 32.2. The lowest BCUT2D eigenvalue weighted by Gasteiger charge is -2.09. The van der Waals surface area contributed by atoms with E-state index in [4.69, 9.17) is 0 Å². The number of nitrogens with one attached hydrogen (secondary N) is 1. The van der Waals surface area contributed by atoms with Gasteiger partial charge in [-0.25, -0.2) is 0 Å². The first-order valence-corrected chi connectivity index (χ1v) is 9.66. The van der Waals surface area contributed by atoms with E-state index < -0.39 is 0 Å². The summed E-state index contributed by atoms with van der Waals surface area (Å²) in [6.45, 7) is 2.47. The van der Waals surface area contributed by atoms with Crippen LogP contribution in [0, 0.1) is 0 Å². The van der Waals surface area contributed by atoms with Gasteiger partial charge in [0.1, 0.15) is 0 Å². The maximum Gasteiger partial charge on any atom is 0.290 e. The van der Waals surface area contributed by atoms with E-state index in [0.717, 1.165) is 28.3 Å². The number of amides is 1. The first-order chi connectivity index (χ1) is 12.7. The molecule has 0 fully saturated rings. The number of hydrogen-bond acceptors (Lipinski definition) is 2. The average Bonchev–Trinajstić information content (AvgIpc) is 2.66. The summed E-state index contributed by atoms with van der Waals surface area (Å²) in [5.74, 6) is -0.0284. The Hall–Kier alpha value is -2.59. The van der Waals surface area contributed by atoms with Gasteiger partial charge in [-0.3, -0.25) is 4.79 Å². The third kappa shape index (κ3) is 5.20. The van der Waals surface area contributed by atoms with Crippen LogP contribution in [-0.2, 0) is 17.8 Å². The first-order valence-electron chi connectivity index (χ1n) is 8.84. The highest BCUT2D eigenvalue weighted by molar-refractivity contribution is 7.99. The molecule has 0 aliphatic carbocycles. The Morgan fingerprint density at radius 1 is 0.962 bits per heavy atom. The molecule has 3 aromatic rings. The number of para-hydroxylation sites is 1. The molecule has 0 aliphatic rings. The Morgan fingerprint density at radius 2 is 1.65 bits per heavy atom. The molecule has 1 amide bonds. The van der Waals surface area contributed by atoms with E-state index in [2.05, 4.69) is 36.5 Å². The van der Waals surface area contributed by atoms with E-state index in [9.17, 15) is 4.79 Å². The van der Waals surface area contributed by atoms with Crippen molar-refractivity contribution in [2.24, 2.45) is 0 Å². The third-order valence-corrected chi connectivity index (χ3v) is 5.04. The predicted molar refractivity (Wildman–Crippen MR) is 106 cm³/mol. The Labute approximate surface area is 159 Å². The first kappa shape index (κ1) is 18.2. The number of aryl methyl sites for hydroxylation is 1. The second-order valence-corrected chi connectivity index (χ2v) is 7.20. The average molecular weight is 364 g/mol. The van der Waals surface area contributed by atoms with Gasteiger partial charge in [-0.2, -0.15) is 4.57 Å². The molecule has 4 heteroatoms. The van der Waals surface area contributed by atoms with E-state index in [-0.39, 0.29) is 5.91 Å². The van der Waals surface area contributed by atoms with Crippen molar-refractivity contribution < 1.29 is 9.36 Å². The maximum absolute atomic E-state index is 12.5. The van der Waals surface area contributed by atoms with Crippen molar-refractivity contribution in [2.75, 3.05) is 5.32 Å². The van der Waals surface area contributed by atoms with Crippen LogP contribution >= 0.6 is 11.8 Å². The summed E-state index contributed by atoms with van der Waals surface area (Å²) in [6, 6.07) is 22.2. The van der Waals surface area contributed by atoms with Gasteiger partial charge in [0.05, 0.1) is 5.69 Å². The van der Waals surface area contributed by atoms with Gasteiger partial charge in [0.25, 0.3) is 5.91 Å². The minimum Gasteiger partial charge on any atom is -0.320 e. The van der Waals surface area contributed by atoms with Crippen molar-refractivity contribution in [3.63, 3.8) is 0 Å². The van der Waals surface area contributed by atoms with Crippen molar-refractivity contribution >= 4 is 23.4 Å². The molecule has 0 radical (unpaired) electrons. The van der Waals surface area contributed by atoms with Gasteiger partial charge < -0.3 is 5.32 Å². The molecule has 1 aromatic heterocycles. The molecule has 3 rings (SSSR count). The predicted octanol–water partition coefficient (Wildman–Crippen LogP) is 4.72. The molecular weight excluding hydrogens is 340 g/mol. The number of rotatable bonds is 7. The molecule has 0 saturated heterocycles. The standard InChI is InChI=1S/C22H22N2OS/c1-2-8-18-13-15-24(16-14-18)17-22(25)23-20-11-6-7-12-21(20)26-19-9-4-3-5-10-19/h3-7,9-16H,2,8,17H2,1H3/p+1. The Bertz CT molecular complexity index is 848. The van der Waals surface area contributed by atoms with Crippen molar-refractivity contribution in [1.29, 1.82) is 0 Å². The quantitative estimate of drug-likeness (QED) is 0.616. The van der Waals surface area contributed by atoms with Gasteiger partial charge in [0.15, 0.2) is 12.4 Å². The third-order valence-electron chi connectivity index (χ3n) is 3.96. The summed E-state index contributed by atoms with van der Waals surface area (Å²) in [7, 11) is 0. The fourth-order valence-electron chi connectivity index (χ4n) is 2.68. The second-order valence-electron chi connectivity index (χ2n) is 6.09. The lowest BCUT2D eigenvalue weighted by Crippen LogP contribution is -2.39. The van der Waals surface area contributed by atoms with Crippen LogP contribution < -0.4 is 9.88 Å². The van der Waals surface area contributed by atoms with Crippen molar-refractivity contribution in [1.82, 2.24) is 0 Å². The highest BCUT2D eigenvalue weighted by Crippen LogP contribution is 2.33. The summed E-state index contributed by atoms with van der Waals surface area (Å²) >= 11 is 1.65. The minimum atomic E-state index is -0.0284. The van der Waals surface area contributed by atoms with Crippen LogP contribution in [0.2, 0.25) is 0 Å². The lowest BCUT2D eigenvalue weighted by atomic mass is 10.2. The Morgan fingerprint density at radius 3 is 2.38 bits per heavy atom. The molecule has 0 bridgehead atoms. The second kappa shape index (κ2) is 9.20. The Balaban J connectivity index is 1.65. The SMILES string of the molecule is CCCc1cc[n+](CC(=O)Nc2ccccc2Sc2ccccc2)cc1. The number of carbonyl (C=O) groups excluding carboxylic acids is 1. The molecule has 0 saturated carbocycles. The number of aromatic nitrogens is 1. The number of benzene rings is 2. The minimum absolute atomic E-state index is 0.0284. The van der Waals surface area contributed by atoms with Crippen molar-refractivity contribution in [2.45, 2.75) is 36.1 Å². The van der Waals surface area contributed by atoms with Gasteiger partial charge in [-0.15, -0.1) is 0 Å². The van der Waals surface area contributed by atoms with Gasteiger partial charge >= 0.3 is 0 Å². The van der Waals surface area contributed by atoms with Crippen LogP contribution in [-0.4, -0.2) is 5.91 Å². The molecule has 0 atom stereocenters. The fourth-order valence-corrected chi connectivity index (χ4v) is 3.60. The van der Waals surface area contributed by atoms with Crippen molar-refractivity contribution in [3.05, 3.63) is 84.7 Å². The van der Waals surface area contributed by atoms with Gasteiger partial charge in [-0.05, 0) is 36.2 Å². The van der Waals surface area contributed by atoms with E-state index >= 15 is 0 Å². The molecule has 0 aliphatic heterocycles. The molecule has 0 unspecified atom stereocenters. The van der Waals surface area contributed by atoms with Crippen LogP contribution in [0.4, 0.5) is 5.69 Å². The van der Waals surface area contributed by atoms with Crippen LogP contribution in [0.5, 0.6) is 0 Å². The fraction of sp³-hybridized carbons (Fsp3) is 0.182. The zero-order valence-electron chi connectivity index (χ0n) is 14.9. The van der Waals surface area contributed by atoms with Crippen LogP contribution in [0.1, 0.15) is 18.9 Å². The van der Waals surface area contributed by atoms with Gasteiger partial charge in [-0.1, -0.05) is 55.4 Å². The molecule has 2 aromatic carbocycles. The largest absolute Gasteiger partial charge is 0.320 e. The molecule has 132 valence electrons. The number of anilines is 1.